The van der Waals surface area contributed by atoms with E-state index in [0.717, 1.165) is 12.8 Å². The molecular weight excluding hydrogens is 312 g/mol. The van der Waals surface area contributed by atoms with Crippen molar-refractivity contribution in [2.24, 2.45) is 0 Å². The molecule has 8 heteroatoms. The highest BCUT2D eigenvalue weighted by atomic mass is 16.6. The third-order valence-corrected chi connectivity index (χ3v) is 3.89. The van der Waals surface area contributed by atoms with Gasteiger partial charge in [-0.3, -0.25) is 10.1 Å². The van der Waals surface area contributed by atoms with Crippen molar-refractivity contribution in [3.05, 3.63) is 28.4 Å². The number of amides is 1. The lowest BCUT2D eigenvalue weighted by Gasteiger charge is -2.38. The summed E-state index contributed by atoms with van der Waals surface area (Å²) in [7, 11) is 1.70. The third kappa shape index (κ3) is 4.33. The monoisotopic (exact) mass is 336 g/mol. The van der Waals surface area contributed by atoms with Gasteiger partial charge in [0.1, 0.15) is 5.60 Å². The minimum absolute atomic E-state index is 0.0157. The number of piperidine rings is 1. The number of pyridine rings is 1. The summed E-state index contributed by atoms with van der Waals surface area (Å²) in [6.07, 6.45) is 2.81. The molecule has 0 radical (unpaired) electrons. The van der Waals surface area contributed by atoms with Crippen molar-refractivity contribution in [1.29, 1.82) is 0 Å². The molecule has 132 valence electrons. The van der Waals surface area contributed by atoms with Crippen LogP contribution in [0.15, 0.2) is 18.3 Å². The summed E-state index contributed by atoms with van der Waals surface area (Å²) < 4.78 is 5.40. The lowest BCUT2D eigenvalue weighted by atomic mass is 10.0. The number of hydrogen-bond donors (Lipinski definition) is 0. The molecule has 1 aliphatic rings. The molecule has 1 fully saturated rings. The molecule has 8 nitrogen and oxygen atoms in total. The van der Waals surface area contributed by atoms with Crippen LogP contribution in [0.2, 0.25) is 0 Å². The lowest BCUT2D eigenvalue weighted by Crippen LogP contribution is -2.50. The summed E-state index contributed by atoms with van der Waals surface area (Å²) >= 11 is 0. The first-order chi connectivity index (χ1) is 11.2. The van der Waals surface area contributed by atoms with Crippen LogP contribution < -0.4 is 4.90 Å². The molecule has 0 aliphatic carbocycles. The van der Waals surface area contributed by atoms with Gasteiger partial charge in [-0.25, -0.2) is 9.78 Å². The van der Waals surface area contributed by atoms with E-state index in [2.05, 4.69) is 4.98 Å². The highest BCUT2D eigenvalue weighted by molar-refractivity contribution is 5.68. The van der Waals surface area contributed by atoms with E-state index in [1.54, 1.807) is 24.2 Å². The number of ether oxygens (including phenoxy) is 1. The van der Waals surface area contributed by atoms with E-state index in [1.807, 2.05) is 25.7 Å². The van der Waals surface area contributed by atoms with Gasteiger partial charge in [-0.05, 0) is 39.7 Å². The maximum absolute atomic E-state index is 12.2. The average molecular weight is 336 g/mol. The van der Waals surface area contributed by atoms with E-state index in [0.29, 0.717) is 18.9 Å². The van der Waals surface area contributed by atoms with Crippen molar-refractivity contribution in [1.82, 2.24) is 9.88 Å². The maximum Gasteiger partial charge on any atom is 0.410 e. The average Bonchev–Trinajstić information content (AvgIpc) is 2.52. The van der Waals surface area contributed by atoms with Gasteiger partial charge in [0.05, 0.1) is 11.0 Å². The van der Waals surface area contributed by atoms with Crippen LogP contribution in [-0.2, 0) is 4.74 Å². The zero-order valence-electron chi connectivity index (χ0n) is 14.6. The molecule has 1 saturated heterocycles. The van der Waals surface area contributed by atoms with E-state index in [4.69, 9.17) is 4.74 Å². The summed E-state index contributed by atoms with van der Waals surface area (Å²) in [4.78, 5) is 30.6. The summed E-state index contributed by atoms with van der Waals surface area (Å²) in [6.45, 7) is 6.64. The molecule has 0 saturated carbocycles. The van der Waals surface area contributed by atoms with Gasteiger partial charge >= 0.3 is 11.8 Å². The lowest BCUT2D eigenvalue weighted by molar-refractivity contribution is -0.384. The number of anilines is 1. The molecule has 1 aromatic heterocycles. The number of carbonyl (C=O) groups is 1. The van der Waals surface area contributed by atoms with Crippen molar-refractivity contribution in [3.63, 3.8) is 0 Å². The molecule has 24 heavy (non-hydrogen) atoms. The van der Waals surface area contributed by atoms with Gasteiger partial charge in [-0.15, -0.1) is 0 Å². The van der Waals surface area contributed by atoms with E-state index in [9.17, 15) is 14.9 Å². The SMILES string of the molecule is CN(C(=O)OC(C)(C)C)C1CCCN(c2ncccc2[N+](=O)[O-])C1. The van der Waals surface area contributed by atoms with Crippen molar-refractivity contribution < 1.29 is 14.5 Å². The van der Waals surface area contributed by atoms with Gasteiger partial charge in [0.2, 0.25) is 5.82 Å². The number of nitro groups is 1. The molecule has 1 amide bonds. The molecule has 2 rings (SSSR count). The molecule has 1 aliphatic heterocycles. The first-order valence-electron chi connectivity index (χ1n) is 7.99. The Bertz CT molecular complexity index is 614. The van der Waals surface area contributed by atoms with Crippen molar-refractivity contribution in [2.75, 3.05) is 25.0 Å². The standard InChI is InChI=1S/C16H24N4O4/c1-16(2,3)24-15(21)18(4)12-7-6-10-19(11-12)14-13(20(22)23)8-5-9-17-14/h5,8-9,12H,6-7,10-11H2,1-4H3. The topological polar surface area (TPSA) is 88.8 Å². The summed E-state index contributed by atoms with van der Waals surface area (Å²) in [6, 6.07) is 2.93. The van der Waals surface area contributed by atoms with Gasteiger partial charge in [0, 0.05) is 32.4 Å². The fraction of sp³-hybridized carbons (Fsp3) is 0.625. The van der Waals surface area contributed by atoms with Crippen LogP contribution in [-0.4, -0.2) is 52.7 Å². The normalized spacial score (nSPS) is 18.2. The van der Waals surface area contributed by atoms with Crippen LogP contribution in [0.4, 0.5) is 16.3 Å². The number of nitrogens with zero attached hydrogens (tertiary/aromatic N) is 4. The molecule has 1 unspecified atom stereocenters. The first kappa shape index (κ1) is 18.0. The maximum atomic E-state index is 12.2. The quantitative estimate of drug-likeness (QED) is 0.623. The van der Waals surface area contributed by atoms with Gasteiger partial charge in [0.25, 0.3) is 0 Å². The fourth-order valence-electron chi connectivity index (χ4n) is 2.72. The number of carbonyl (C=O) groups excluding carboxylic acids is 1. The predicted molar refractivity (Wildman–Crippen MR) is 90.1 cm³/mol. The fourth-order valence-corrected chi connectivity index (χ4v) is 2.72. The van der Waals surface area contributed by atoms with E-state index in [1.165, 1.54) is 6.07 Å². The molecule has 0 N–H and O–H groups in total. The van der Waals surface area contributed by atoms with Crippen LogP contribution in [0.1, 0.15) is 33.6 Å². The summed E-state index contributed by atoms with van der Waals surface area (Å²) in [5.74, 6) is 0.352. The highest BCUT2D eigenvalue weighted by Gasteiger charge is 2.31. The first-order valence-corrected chi connectivity index (χ1v) is 7.99. The Morgan fingerprint density at radius 2 is 2.21 bits per heavy atom. The number of rotatable bonds is 3. The van der Waals surface area contributed by atoms with Gasteiger partial charge in [-0.1, -0.05) is 0 Å². The Kier molecular flexibility index (Phi) is 5.26. The molecule has 1 aromatic rings. The molecule has 2 heterocycles. The van der Waals surface area contributed by atoms with E-state index in [-0.39, 0.29) is 17.8 Å². The summed E-state index contributed by atoms with van der Waals surface area (Å²) in [5, 5.41) is 11.2. The zero-order chi connectivity index (χ0) is 17.9. The Hall–Kier alpha value is -2.38. The van der Waals surface area contributed by atoms with Crippen LogP contribution >= 0.6 is 0 Å². The smallest absolute Gasteiger partial charge is 0.410 e. The van der Waals surface area contributed by atoms with Gasteiger partial charge in [0.15, 0.2) is 0 Å². The number of aromatic nitrogens is 1. The largest absolute Gasteiger partial charge is 0.444 e. The van der Waals surface area contributed by atoms with Crippen LogP contribution in [0.5, 0.6) is 0 Å². The zero-order valence-corrected chi connectivity index (χ0v) is 14.6. The van der Waals surface area contributed by atoms with Crippen molar-refractivity contribution in [2.45, 2.75) is 45.3 Å². The van der Waals surface area contributed by atoms with Crippen molar-refractivity contribution in [3.8, 4) is 0 Å². The van der Waals surface area contributed by atoms with E-state index >= 15 is 0 Å². The predicted octanol–water partition coefficient (Wildman–Crippen LogP) is 2.83. The Morgan fingerprint density at radius 3 is 2.83 bits per heavy atom. The van der Waals surface area contributed by atoms with Gasteiger partial charge in [-0.2, -0.15) is 0 Å². The van der Waals surface area contributed by atoms with Crippen LogP contribution in [0, 0.1) is 10.1 Å². The second-order valence-corrected chi connectivity index (χ2v) is 6.94. The Labute approximate surface area is 141 Å². The summed E-state index contributed by atoms with van der Waals surface area (Å²) in [5.41, 5.74) is -0.572. The molecule has 0 aromatic carbocycles. The second kappa shape index (κ2) is 7.02. The number of likely N-dealkylation sites (N-methyl/N-ethyl adjacent to an activating group) is 1. The highest BCUT2D eigenvalue weighted by Crippen LogP contribution is 2.28. The molecular formula is C16H24N4O4. The minimum atomic E-state index is -0.556. The van der Waals surface area contributed by atoms with E-state index < -0.39 is 10.5 Å². The second-order valence-electron chi connectivity index (χ2n) is 6.94. The molecule has 0 spiro atoms. The Balaban J connectivity index is 2.12. The minimum Gasteiger partial charge on any atom is -0.444 e. The third-order valence-electron chi connectivity index (χ3n) is 3.89. The molecule has 0 bridgehead atoms. The number of hydrogen-bond acceptors (Lipinski definition) is 6. The van der Waals surface area contributed by atoms with Gasteiger partial charge < -0.3 is 14.5 Å². The molecule has 1 atom stereocenters. The van der Waals surface area contributed by atoms with Crippen LogP contribution in [0.25, 0.3) is 0 Å². The van der Waals surface area contributed by atoms with Crippen molar-refractivity contribution >= 4 is 17.6 Å². The van der Waals surface area contributed by atoms with Crippen LogP contribution in [0.3, 0.4) is 0 Å². The Morgan fingerprint density at radius 1 is 1.50 bits per heavy atom.